The first-order valence-electron chi connectivity index (χ1n) is 10.4. The van der Waals surface area contributed by atoms with E-state index in [1.807, 2.05) is 41.2 Å². The van der Waals surface area contributed by atoms with Crippen molar-refractivity contribution in [3.63, 3.8) is 0 Å². The van der Waals surface area contributed by atoms with Gasteiger partial charge >= 0.3 is 0 Å². The lowest BCUT2D eigenvalue weighted by Crippen LogP contribution is -2.39. The van der Waals surface area contributed by atoms with Gasteiger partial charge in [-0.2, -0.15) is 5.10 Å². The molecule has 2 aromatic carbocycles. The van der Waals surface area contributed by atoms with Crippen LogP contribution < -0.4 is 10.6 Å². The zero-order valence-electron chi connectivity index (χ0n) is 18.4. The van der Waals surface area contributed by atoms with E-state index < -0.39 is 0 Å². The molecule has 0 unspecified atom stereocenters. The fourth-order valence-corrected chi connectivity index (χ4v) is 3.23. The van der Waals surface area contributed by atoms with E-state index in [0.29, 0.717) is 5.56 Å². The Morgan fingerprint density at radius 2 is 1.71 bits per heavy atom. The molecule has 162 valence electrons. The fourth-order valence-electron chi connectivity index (χ4n) is 3.23. The van der Waals surface area contributed by atoms with Crippen molar-refractivity contribution in [2.45, 2.75) is 12.8 Å². The number of rotatable bonds is 8. The monoisotopic (exact) mass is 418 g/mol. The second-order valence-corrected chi connectivity index (χ2v) is 7.44. The SMILES string of the molecule is CN=C(NCCc1ccc(-n2cccn2)cc1)NCCc1cccc(C(=O)N(C)C)c1. The summed E-state index contributed by atoms with van der Waals surface area (Å²) < 4.78 is 1.85. The summed E-state index contributed by atoms with van der Waals surface area (Å²) in [5, 5.41) is 10.9. The third kappa shape index (κ3) is 6.44. The number of hydrogen-bond acceptors (Lipinski definition) is 3. The molecule has 3 rings (SSSR count). The highest BCUT2D eigenvalue weighted by Gasteiger charge is 2.08. The molecule has 0 aliphatic carbocycles. The molecule has 1 amide bonds. The average Bonchev–Trinajstić information content (AvgIpc) is 3.33. The van der Waals surface area contributed by atoms with Crippen LogP contribution in [0.15, 0.2) is 72.0 Å². The van der Waals surface area contributed by atoms with Gasteiger partial charge in [0, 0.05) is 52.2 Å². The van der Waals surface area contributed by atoms with E-state index in [4.69, 9.17) is 0 Å². The Labute approximate surface area is 183 Å². The zero-order chi connectivity index (χ0) is 22.1. The van der Waals surface area contributed by atoms with Gasteiger partial charge in [-0.3, -0.25) is 9.79 Å². The maximum Gasteiger partial charge on any atom is 0.253 e. The highest BCUT2D eigenvalue weighted by Crippen LogP contribution is 2.09. The Morgan fingerprint density at radius 1 is 1.00 bits per heavy atom. The van der Waals surface area contributed by atoms with Crippen LogP contribution in [0, 0.1) is 0 Å². The van der Waals surface area contributed by atoms with E-state index in [-0.39, 0.29) is 5.91 Å². The van der Waals surface area contributed by atoms with Crippen LogP contribution in [-0.4, -0.2) is 60.8 Å². The van der Waals surface area contributed by atoms with Crippen LogP contribution >= 0.6 is 0 Å². The first kappa shape index (κ1) is 22.1. The van der Waals surface area contributed by atoms with Crippen molar-refractivity contribution in [2.24, 2.45) is 4.99 Å². The van der Waals surface area contributed by atoms with E-state index in [1.54, 1.807) is 32.2 Å². The lowest BCUT2D eigenvalue weighted by molar-refractivity contribution is 0.0827. The molecule has 3 aromatic rings. The van der Waals surface area contributed by atoms with E-state index in [9.17, 15) is 4.79 Å². The maximum atomic E-state index is 12.1. The number of benzene rings is 2. The number of guanidine groups is 1. The molecule has 0 saturated heterocycles. The molecule has 0 aliphatic rings. The summed E-state index contributed by atoms with van der Waals surface area (Å²) in [5.41, 5.74) is 4.13. The average molecular weight is 419 g/mol. The number of carbonyl (C=O) groups excluding carboxylic acids is 1. The molecule has 0 aliphatic heterocycles. The summed E-state index contributed by atoms with van der Waals surface area (Å²) in [6, 6.07) is 18.1. The Kier molecular flexibility index (Phi) is 7.81. The van der Waals surface area contributed by atoms with Crippen LogP contribution in [0.2, 0.25) is 0 Å². The minimum absolute atomic E-state index is 0.0185. The molecule has 1 heterocycles. The van der Waals surface area contributed by atoms with Gasteiger partial charge in [-0.25, -0.2) is 4.68 Å². The molecule has 0 bridgehead atoms. The van der Waals surface area contributed by atoms with Gasteiger partial charge in [0.15, 0.2) is 5.96 Å². The van der Waals surface area contributed by atoms with Crippen molar-refractivity contribution in [2.75, 3.05) is 34.2 Å². The summed E-state index contributed by atoms with van der Waals surface area (Å²) in [5.74, 6) is 0.790. The third-order valence-corrected chi connectivity index (χ3v) is 4.92. The molecule has 7 heteroatoms. The first-order chi connectivity index (χ1) is 15.1. The Bertz CT molecular complexity index is 993. The Morgan fingerprint density at radius 3 is 2.32 bits per heavy atom. The molecule has 0 radical (unpaired) electrons. The molecule has 0 atom stereocenters. The molecular formula is C24H30N6O. The lowest BCUT2D eigenvalue weighted by atomic mass is 10.1. The molecule has 0 spiro atoms. The summed E-state index contributed by atoms with van der Waals surface area (Å²) >= 11 is 0. The Hall–Kier alpha value is -3.61. The van der Waals surface area contributed by atoms with Crippen LogP contribution in [0.3, 0.4) is 0 Å². The van der Waals surface area contributed by atoms with Gasteiger partial charge in [-0.1, -0.05) is 24.3 Å². The van der Waals surface area contributed by atoms with Crippen molar-refractivity contribution in [1.82, 2.24) is 25.3 Å². The van der Waals surface area contributed by atoms with Crippen molar-refractivity contribution in [3.8, 4) is 5.69 Å². The smallest absolute Gasteiger partial charge is 0.253 e. The minimum atomic E-state index is 0.0185. The second-order valence-electron chi connectivity index (χ2n) is 7.44. The van der Waals surface area contributed by atoms with Gasteiger partial charge < -0.3 is 15.5 Å². The molecule has 7 nitrogen and oxygen atoms in total. The molecule has 0 saturated carbocycles. The maximum absolute atomic E-state index is 12.1. The van der Waals surface area contributed by atoms with Gasteiger partial charge in [0.1, 0.15) is 0 Å². The number of carbonyl (C=O) groups is 1. The van der Waals surface area contributed by atoms with Gasteiger partial charge in [-0.05, 0) is 54.3 Å². The van der Waals surface area contributed by atoms with Crippen LogP contribution in [0.4, 0.5) is 0 Å². The molecule has 2 N–H and O–H groups in total. The lowest BCUT2D eigenvalue weighted by Gasteiger charge is -2.13. The number of hydrogen-bond donors (Lipinski definition) is 2. The number of aromatic nitrogens is 2. The molecule has 0 fully saturated rings. The van der Waals surface area contributed by atoms with Crippen LogP contribution in [0.25, 0.3) is 5.69 Å². The van der Waals surface area contributed by atoms with Crippen LogP contribution in [0.1, 0.15) is 21.5 Å². The zero-order valence-corrected chi connectivity index (χ0v) is 18.4. The summed E-state index contributed by atoms with van der Waals surface area (Å²) in [6.45, 7) is 1.52. The fraction of sp³-hybridized carbons (Fsp3) is 0.292. The molecule has 31 heavy (non-hydrogen) atoms. The van der Waals surface area contributed by atoms with Gasteiger partial charge in [-0.15, -0.1) is 0 Å². The standard InChI is InChI=1S/C24H30N6O/c1-25-24(27-16-13-20-6-4-7-21(18-20)23(31)29(2)3)26-15-12-19-8-10-22(11-9-19)30-17-5-14-28-30/h4-11,14,17-18H,12-13,15-16H2,1-3H3,(H2,25,26,27). The highest BCUT2D eigenvalue weighted by atomic mass is 16.2. The second kappa shape index (κ2) is 11.0. The predicted molar refractivity (Wildman–Crippen MR) is 125 cm³/mol. The minimum Gasteiger partial charge on any atom is -0.356 e. The van der Waals surface area contributed by atoms with Crippen LogP contribution in [-0.2, 0) is 12.8 Å². The Balaban J connectivity index is 1.42. The summed E-state index contributed by atoms with van der Waals surface area (Å²) in [4.78, 5) is 18.0. The predicted octanol–water partition coefficient (Wildman–Crippen LogP) is 2.52. The number of nitrogens with zero attached hydrogens (tertiary/aromatic N) is 4. The van der Waals surface area contributed by atoms with E-state index in [2.05, 4.69) is 45.0 Å². The summed E-state index contributed by atoms with van der Waals surface area (Å²) in [6.07, 6.45) is 5.41. The highest BCUT2D eigenvalue weighted by molar-refractivity contribution is 5.94. The quantitative estimate of drug-likeness (QED) is 0.435. The number of amides is 1. The summed E-state index contributed by atoms with van der Waals surface area (Å²) in [7, 11) is 5.30. The van der Waals surface area contributed by atoms with Crippen molar-refractivity contribution in [3.05, 3.63) is 83.7 Å². The van der Waals surface area contributed by atoms with Crippen LogP contribution in [0.5, 0.6) is 0 Å². The largest absolute Gasteiger partial charge is 0.356 e. The molecular weight excluding hydrogens is 388 g/mol. The van der Waals surface area contributed by atoms with Gasteiger partial charge in [0.25, 0.3) is 5.91 Å². The topological polar surface area (TPSA) is 74.5 Å². The van der Waals surface area contributed by atoms with Crippen molar-refractivity contribution >= 4 is 11.9 Å². The first-order valence-corrected chi connectivity index (χ1v) is 10.4. The van der Waals surface area contributed by atoms with Crippen molar-refractivity contribution < 1.29 is 4.79 Å². The number of aliphatic imine (C=N–C) groups is 1. The van der Waals surface area contributed by atoms with E-state index in [0.717, 1.165) is 43.1 Å². The third-order valence-electron chi connectivity index (χ3n) is 4.92. The van der Waals surface area contributed by atoms with E-state index >= 15 is 0 Å². The van der Waals surface area contributed by atoms with Gasteiger partial charge in [0.05, 0.1) is 5.69 Å². The van der Waals surface area contributed by atoms with Gasteiger partial charge in [0.2, 0.25) is 0 Å². The molecule has 1 aromatic heterocycles. The normalized spacial score (nSPS) is 11.3. The van der Waals surface area contributed by atoms with E-state index in [1.165, 1.54) is 5.56 Å². The van der Waals surface area contributed by atoms with Crippen molar-refractivity contribution in [1.29, 1.82) is 0 Å². The number of nitrogens with one attached hydrogen (secondary N) is 2.